The number of hydrogen-bond acceptors (Lipinski definition) is 5. The van der Waals surface area contributed by atoms with E-state index in [9.17, 15) is 4.79 Å². The fourth-order valence-corrected chi connectivity index (χ4v) is 4.04. The van der Waals surface area contributed by atoms with Crippen LogP contribution in [0, 0.1) is 6.92 Å². The van der Waals surface area contributed by atoms with E-state index in [2.05, 4.69) is 15.3 Å². The Morgan fingerprint density at radius 3 is 2.87 bits per heavy atom. The third kappa shape index (κ3) is 2.89. The van der Waals surface area contributed by atoms with Gasteiger partial charge in [0.2, 0.25) is 0 Å². The second kappa shape index (κ2) is 6.03. The van der Waals surface area contributed by atoms with Crippen LogP contribution in [0.25, 0.3) is 0 Å². The maximum atomic E-state index is 12.4. The van der Waals surface area contributed by atoms with Crippen molar-refractivity contribution in [1.82, 2.24) is 9.88 Å². The molecule has 2 atom stereocenters. The molecule has 0 bridgehead atoms. The third-order valence-electron chi connectivity index (χ3n) is 4.42. The highest BCUT2D eigenvalue weighted by molar-refractivity contribution is 7.09. The Hall–Kier alpha value is -1.76. The first-order chi connectivity index (χ1) is 11.2. The largest absolute Gasteiger partial charge is 0.365 e. The van der Waals surface area contributed by atoms with Gasteiger partial charge in [-0.2, -0.15) is 0 Å². The monoisotopic (exact) mass is 329 g/mol. The molecule has 2 aromatic rings. The molecule has 0 aliphatic carbocycles. The summed E-state index contributed by atoms with van der Waals surface area (Å²) in [7, 11) is 0. The number of thiazole rings is 1. The molecule has 5 nitrogen and oxygen atoms in total. The van der Waals surface area contributed by atoms with E-state index in [4.69, 9.17) is 4.74 Å². The summed E-state index contributed by atoms with van der Waals surface area (Å²) >= 11 is 1.68. The van der Waals surface area contributed by atoms with Crippen molar-refractivity contribution in [1.29, 1.82) is 0 Å². The van der Waals surface area contributed by atoms with Crippen LogP contribution < -0.4 is 4.90 Å². The maximum Gasteiger partial charge on any atom is 0.253 e. The number of rotatable bonds is 3. The van der Waals surface area contributed by atoms with Gasteiger partial charge in [-0.25, -0.2) is 4.98 Å². The zero-order valence-corrected chi connectivity index (χ0v) is 13.8. The van der Waals surface area contributed by atoms with Crippen molar-refractivity contribution in [3.63, 3.8) is 0 Å². The van der Waals surface area contributed by atoms with Crippen LogP contribution in [0.1, 0.15) is 10.7 Å². The number of nitrogens with zero attached hydrogens (tertiary/aromatic N) is 3. The molecule has 0 spiro atoms. The lowest BCUT2D eigenvalue weighted by Gasteiger charge is -2.36. The Bertz CT molecular complexity index is 703. The van der Waals surface area contributed by atoms with Crippen LogP contribution >= 0.6 is 11.3 Å². The number of likely N-dealkylation sites (tertiary alicyclic amines) is 1. The van der Waals surface area contributed by atoms with Crippen LogP contribution in [0.5, 0.6) is 0 Å². The molecule has 6 heteroatoms. The third-order valence-corrected chi connectivity index (χ3v) is 5.24. The summed E-state index contributed by atoms with van der Waals surface area (Å²) in [5, 5.41) is 3.20. The van der Waals surface area contributed by atoms with Gasteiger partial charge in [-0.05, 0) is 19.1 Å². The first-order valence-electron chi connectivity index (χ1n) is 7.83. The molecule has 3 heterocycles. The molecule has 23 heavy (non-hydrogen) atoms. The molecule has 1 amide bonds. The molecule has 1 aromatic heterocycles. The molecular weight excluding hydrogens is 310 g/mol. The number of benzene rings is 1. The number of hydrogen-bond donors (Lipinski definition) is 0. The summed E-state index contributed by atoms with van der Waals surface area (Å²) in [6.45, 7) is 4.67. The minimum Gasteiger partial charge on any atom is -0.365 e. The van der Waals surface area contributed by atoms with Gasteiger partial charge in [-0.3, -0.25) is 9.69 Å². The molecule has 0 unspecified atom stereocenters. The van der Waals surface area contributed by atoms with Gasteiger partial charge in [0.05, 0.1) is 22.8 Å². The second-order valence-corrected chi connectivity index (χ2v) is 7.13. The van der Waals surface area contributed by atoms with Crippen molar-refractivity contribution in [3.05, 3.63) is 46.4 Å². The minimum atomic E-state index is 0.0452. The van der Waals surface area contributed by atoms with Crippen molar-refractivity contribution >= 4 is 22.9 Å². The zero-order valence-electron chi connectivity index (χ0n) is 13.0. The Labute approximate surface area is 139 Å². The number of ether oxygens (including phenoxy) is 1. The van der Waals surface area contributed by atoms with Crippen LogP contribution in [0.2, 0.25) is 0 Å². The van der Waals surface area contributed by atoms with Gasteiger partial charge < -0.3 is 9.64 Å². The number of fused-ring (bicyclic) bond motifs is 1. The number of para-hydroxylation sites is 1. The van der Waals surface area contributed by atoms with Gasteiger partial charge in [0.1, 0.15) is 6.61 Å². The summed E-state index contributed by atoms with van der Waals surface area (Å²) < 4.78 is 5.79. The van der Waals surface area contributed by atoms with E-state index in [1.807, 2.05) is 42.2 Å². The average molecular weight is 329 g/mol. The van der Waals surface area contributed by atoms with Crippen LogP contribution in [0.4, 0.5) is 5.69 Å². The Kier molecular flexibility index (Phi) is 3.88. The van der Waals surface area contributed by atoms with Crippen LogP contribution in [-0.4, -0.2) is 47.6 Å². The lowest BCUT2D eigenvalue weighted by atomic mass is 10.1. The highest BCUT2D eigenvalue weighted by atomic mass is 32.1. The first kappa shape index (κ1) is 14.8. The molecule has 2 saturated heterocycles. The average Bonchev–Trinajstić information content (AvgIpc) is 3.14. The predicted octanol–water partition coefficient (Wildman–Crippen LogP) is 2.07. The van der Waals surface area contributed by atoms with Crippen molar-refractivity contribution in [3.8, 4) is 0 Å². The molecule has 0 N–H and O–H groups in total. The fraction of sp³-hybridized carbons (Fsp3) is 0.412. The van der Waals surface area contributed by atoms with Crippen LogP contribution in [0.3, 0.4) is 0 Å². The van der Waals surface area contributed by atoms with E-state index >= 15 is 0 Å². The number of amides is 1. The molecule has 1 aromatic carbocycles. The first-order valence-corrected chi connectivity index (χ1v) is 8.71. The summed E-state index contributed by atoms with van der Waals surface area (Å²) in [4.78, 5) is 21.2. The molecular formula is C17H19N3O2S. The fourth-order valence-electron chi connectivity index (χ4n) is 3.44. The van der Waals surface area contributed by atoms with E-state index in [0.717, 1.165) is 36.0 Å². The standard InChI is InChI=1S/C17H19N3O2S/c1-12-18-13(11-23-12)7-19-8-15-16(9-19)22-10-17(21)20(15)14-5-3-2-4-6-14/h2-6,11,15-16H,7-10H2,1H3/t15-,16-/m0/s1. The van der Waals surface area contributed by atoms with Gasteiger partial charge in [0, 0.05) is 30.7 Å². The summed E-state index contributed by atoms with van der Waals surface area (Å²) in [5.41, 5.74) is 2.06. The topological polar surface area (TPSA) is 45.7 Å². The number of aromatic nitrogens is 1. The quantitative estimate of drug-likeness (QED) is 0.865. The number of morpholine rings is 1. The number of carbonyl (C=O) groups is 1. The number of aryl methyl sites for hydroxylation is 1. The summed E-state index contributed by atoms with van der Waals surface area (Å²) in [5.74, 6) is 0.0452. The molecule has 2 aliphatic heterocycles. The van der Waals surface area contributed by atoms with Gasteiger partial charge >= 0.3 is 0 Å². The van der Waals surface area contributed by atoms with E-state index in [-0.39, 0.29) is 24.7 Å². The normalized spacial score (nSPS) is 24.9. The van der Waals surface area contributed by atoms with Crippen LogP contribution in [0.15, 0.2) is 35.7 Å². The van der Waals surface area contributed by atoms with E-state index in [1.54, 1.807) is 11.3 Å². The Morgan fingerprint density at radius 2 is 2.13 bits per heavy atom. The second-order valence-electron chi connectivity index (χ2n) is 6.07. The molecule has 0 saturated carbocycles. The summed E-state index contributed by atoms with van der Waals surface area (Å²) in [6.07, 6.45) is 0.0765. The van der Waals surface area contributed by atoms with E-state index in [0.29, 0.717) is 0 Å². The Morgan fingerprint density at radius 1 is 1.30 bits per heavy atom. The van der Waals surface area contributed by atoms with Crippen molar-refractivity contribution in [2.45, 2.75) is 25.6 Å². The molecule has 4 rings (SSSR count). The maximum absolute atomic E-state index is 12.4. The lowest BCUT2D eigenvalue weighted by molar-refractivity contribution is -0.130. The molecule has 120 valence electrons. The van der Waals surface area contributed by atoms with E-state index < -0.39 is 0 Å². The number of anilines is 1. The van der Waals surface area contributed by atoms with Gasteiger partial charge in [-0.1, -0.05) is 18.2 Å². The summed E-state index contributed by atoms with van der Waals surface area (Å²) in [6, 6.07) is 9.98. The van der Waals surface area contributed by atoms with Crippen molar-refractivity contribution < 1.29 is 9.53 Å². The smallest absolute Gasteiger partial charge is 0.253 e. The minimum absolute atomic E-state index is 0.0452. The van der Waals surface area contributed by atoms with Gasteiger partial charge in [0.25, 0.3) is 5.91 Å². The van der Waals surface area contributed by atoms with Crippen molar-refractivity contribution in [2.75, 3.05) is 24.6 Å². The molecule has 0 radical (unpaired) electrons. The molecule has 2 fully saturated rings. The van der Waals surface area contributed by atoms with Crippen molar-refractivity contribution in [2.24, 2.45) is 0 Å². The lowest BCUT2D eigenvalue weighted by Crippen LogP contribution is -2.54. The SMILES string of the molecule is Cc1nc(CN2C[C@@H]3OCC(=O)N(c4ccccc4)[C@H]3C2)cs1. The molecule has 2 aliphatic rings. The Balaban J connectivity index is 1.53. The zero-order chi connectivity index (χ0) is 15.8. The van der Waals surface area contributed by atoms with E-state index in [1.165, 1.54) is 0 Å². The highest BCUT2D eigenvalue weighted by Crippen LogP contribution is 2.29. The van der Waals surface area contributed by atoms with Gasteiger partial charge in [-0.15, -0.1) is 11.3 Å². The van der Waals surface area contributed by atoms with Crippen LogP contribution in [-0.2, 0) is 16.1 Å². The van der Waals surface area contributed by atoms with Gasteiger partial charge in [0.15, 0.2) is 0 Å². The predicted molar refractivity (Wildman–Crippen MR) is 89.6 cm³/mol. The highest BCUT2D eigenvalue weighted by Gasteiger charge is 2.43. The number of carbonyl (C=O) groups excluding carboxylic acids is 1.